The van der Waals surface area contributed by atoms with E-state index in [1.54, 1.807) is 42.5 Å². The molecule has 6 nitrogen and oxygen atoms in total. The van der Waals surface area contributed by atoms with E-state index in [1.807, 2.05) is 6.07 Å². The van der Waals surface area contributed by atoms with E-state index >= 15 is 0 Å². The molecule has 0 aliphatic rings. The predicted molar refractivity (Wildman–Crippen MR) is 105 cm³/mol. The summed E-state index contributed by atoms with van der Waals surface area (Å²) in [5.41, 5.74) is 0.856. The molecule has 1 amide bonds. The highest BCUT2D eigenvalue weighted by Gasteiger charge is 2.20. The highest BCUT2D eigenvalue weighted by atomic mass is 32.1. The topological polar surface area (TPSA) is 68.7 Å². The van der Waals surface area contributed by atoms with E-state index in [0.29, 0.717) is 41.9 Å². The molecule has 0 bridgehead atoms. The molecule has 0 spiro atoms. The number of amides is 1. The third kappa shape index (κ3) is 6.06. The lowest BCUT2D eigenvalue weighted by Gasteiger charge is -2.23. The molecule has 1 aromatic carbocycles. The van der Waals surface area contributed by atoms with Gasteiger partial charge in [-0.2, -0.15) is 0 Å². The van der Waals surface area contributed by atoms with E-state index in [2.05, 4.69) is 18.8 Å². The number of methoxy groups -OCH3 is 1. The van der Waals surface area contributed by atoms with Gasteiger partial charge in [0.25, 0.3) is 5.91 Å². The van der Waals surface area contributed by atoms with Gasteiger partial charge in [0.15, 0.2) is 5.69 Å². The summed E-state index contributed by atoms with van der Waals surface area (Å²) in [4.78, 5) is 30.9. The minimum absolute atomic E-state index is 0.0811. The molecule has 0 saturated heterocycles. The van der Waals surface area contributed by atoms with E-state index < -0.39 is 5.97 Å². The number of benzene rings is 1. The van der Waals surface area contributed by atoms with Crippen LogP contribution in [0.4, 0.5) is 0 Å². The van der Waals surface area contributed by atoms with Crippen LogP contribution in [0.2, 0.25) is 0 Å². The van der Waals surface area contributed by atoms with E-state index in [1.165, 1.54) is 11.3 Å². The minimum atomic E-state index is -0.437. The van der Waals surface area contributed by atoms with Crippen molar-refractivity contribution in [2.75, 3.05) is 20.3 Å². The van der Waals surface area contributed by atoms with Crippen LogP contribution in [0.3, 0.4) is 0 Å². The summed E-state index contributed by atoms with van der Waals surface area (Å²) in [5, 5.41) is 2.38. The van der Waals surface area contributed by atoms with Crippen molar-refractivity contribution in [1.82, 2.24) is 9.88 Å². The summed E-state index contributed by atoms with van der Waals surface area (Å²) in [6, 6.07) is 7.12. The molecule has 7 heteroatoms. The Labute approximate surface area is 164 Å². The Bertz CT molecular complexity index is 773. The van der Waals surface area contributed by atoms with E-state index in [0.717, 1.165) is 6.42 Å². The van der Waals surface area contributed by atoms with Gasteiger partial charge in [-0.15, -0.1) is 11.3 Å². The smallest absolute Gasteiger partial charge is 0.357 e. The first-order valence-electron chi connectivity index (χ1n) is 8.99. The fourth-order valence-corrected chi connectivity index (χ4v) is 3.23. The van der Waals surface area contributed by atoms with Crippen LogP contribution in [0.25, 0.3) is 0 Å². The predicted octanol–water partition coefficient (Wildman–Crippen LogP) is 4.02. The van der Waals surface area contributed by atoms with Crippen LogP contribution in [0.15, 0.2) is 29.6 Å². The number of thiazole rings is 1. The number of nitrogens with zero attached hydrogens (tertiary/aromatic N) is 2. The lowest BCUT2D eigenvalue weighted by molar-refractivity contribution is 0.0520. The van der Waals surface area contributed by atoms with Gasteiger partial charge < -0.3 is 14.4 Å². The lowest BCUT2D eigenvalue weighted by Crippen LogP contribution is -2.32. The summed E-state index contributed by atoms with van der Waals surface area (Å²) < 4.78 is 10.2. The molecule has 0 aliphatic carbocycles. The van der Waals surface area contributed by atoms with Crippen molar-refractivity contribution in [3.8, 4) is 5.75 Å². The van der Waals surface area contributed by atoms with Crippen LogP contribution in [0, 0.1) is 5.92 Å². The zero-order valence-corrected chi connectivity index (χ0v) is 17.0. The van der Waals surface area contributed by atoms with Crippen molar-refractivity contribution in [3.05, 3.63) is 45.9 Å². The van der Waals surface area contributed by atoms with Crippen molar-refractivity contribution in [2.24, 2.45) is 5.92 Å². The summed E-state index contributed by atoms with van der Waals surface area (Å²) >= 11 is 1.36. The second-order valence-electron chi connectivity index (χ2n) is 6.49. The molecule has 2 rings (SSSR count). The first-order chi connectivity index (χ1) is 12.9. The maximum Gasteiger partial charge on any atom is 0.357 e. The number of ether oxygens (including phenoxy) is 2. The fourth-order valence-electron chi connectivity index (χ4n) is 2.45. The van der Waals surface area contributed by atoms with Gasteiger partial charge in [0.2, 0.25) is 0 Å². The molecule has 0 saturated carbocycles. The Kier molecular flexibility index (Phi) is 7.79. The van der Waals surface area contributed by atoms with Crippen molar-refractivity contribution in [3.63, 3.8) is 0 Å². The van der Waals surface area contributed by atoms with Crippen molar-refractivity contribution < 1.29 is 19.1 Å². The Morgan fingerprint density at radius 3 is 2.74 bits per heavy atom. The SMILES string of the molecule is CCOC(=O)c1csc(CN(CCC(C)C)C(=O)c2cccc(OC)c2)n1. The Hall–Kier alpha value is -2.41. The standard InChI is InChI=1S/C20H26N2O4S/c1-5-26-20(24)17-13-27-18(21-17)12-22(10-9-14(2)3)19(23)15-7-6-8-16(11-15)25-4/h6-8,11,13-14H,5,9-10,12H2,1-4H3. The maximum absolute atomic E-state index is 13.0. The molecule has 0 aliphatic heterocycles. The zero-order chi connectivity index (χ0) is 19.8. The van der Waals surface area contributed by atoms with Crippen molar-refractivity contribution in [1.29, 1.82) is 0 Å². The van der Waals surface area contributed by atoms with Crippen molar-refractivity contribution >= 4 is 23.2 Å². The molecule has 1 aromatic heterocycles. The number of rotatable bonds is 9. The van der Waals surface area contributed by atoms with Gasteiger partial charge in [-0.1, -0.05) is 19.9 Å². The highest BCUT2D eigenvalue weighted by molar-refractivity contribution is 7.09. The third-order valence-electron chi connectivity index (χ3n) is 3.94. The van der Waals surface area contributed by atoms with E-state index in [4.69, 9.17) is 9.47 Å². The van der Waals surface area contributed by atoms with Crippen LogP contribution in [-0.4, -0.2) is 42.0 Å². The van der Waals surface area contributed by atoms with Gasteiger partial charge >= 0.3 is 5.97 Å². The molecular weight excluding hydrogens is 364 g/mol. The normalized spacial score (nSPS) is 10.7. The summed E-state index contributed by atoms with van der Waals surface area (Å²) in [6.07, 6.45) is 0.881. The molecular formula is C20H26N2O4S. The number of hydrogen-bond acceptors (Lipinski definition) is 6. The molecule has 0 N–H and O–H groups in total. The van der Waals surface area contributed by atoms with Crippen LogP contribution < -0.4 is 4.74 Å². The van der Waals surface area contributed by atoms with Gasteiger partial charge in [0.1, 0.15) is 10.8 Å². The Balaban J connectivity index is 2.18. The molecule has 2 aromatic rings. The molecule has 1 heterocycles. The van der Waals surface area contributed by atoms with Crippen LogP contribution >= 0.6 is 11.3 Å². The van der Waals surface area contributed by atoms with Crippen LogP contribution in [0.5, 0.6) is 5.75 Å². The largest absolute Gasteiger partial charge is 0.497 e. The van der Waals surface area contributed by atoms with Gasteiger partial charge in [-0.05, 0) is 37.5 Å². The van der Waals surface area contributed by atoms with Gasteiger partial charge in [-0.3, -0.25) is 4.79 Å². The molecule has 146 valence electrons. The first-order valence-corrected chi connectivity index (χ1v) is 9.87. The summed E-state index contributed by atoms with van der Waals surface area (Å²) in [6.45, 7) is 7.27. The van der Waals surface area contributed by atoms with Gasteiger partial charge in [0, 0.05) is 17.5 Å². The first kappa shape index (κ1) is 20.9. The van der Waals surface area contributed by atoms with Crippen LogP contribution in [0.1, 0.15) is 53.0 Å². The Morgan fingerprint density at radius 2 is 2.07 bits per heavy atom. The van der Waals surface area contributed by atoms with E-state index in [9.17, 15) is 9.59 Å². The zero-order valence-electron chi connectivity index (χ0n) is 16.2. The Morgan fingerprint density at radius 1 is 1.30 bits per heavy atom. The maximum atomic E-state index is 13.0. The quantitative estimate of drug-likeness (QED) is 0.605. The second kappa shape index (κ2) is 10.1. The average Bonchev–Trinajstić information content (AvgIpc) is 3.13. The lowest BCUT2D eigenvalue weighted by atomic mass is 10.1. The van der Waals surface area contributed by atoms with E-state index in [-0.39, 0.29) is 11.6 Å². The highest BCUT2D eigenvalue weighted by Crippen LogP contribution is 2.19. The molecule has 0 unspecified atom stereocenters. The average molecular weight is 391 g/mol. The summed E-state index contributed by atoms with van der Waals surface area (Å²) in [7, 11) is 1.58. The van der Waals surface area contributed by atoms with Crippen molar-refractivity contribution in [2.45, 2.75) is 33.7 Å². The number of aromatic nitrogens is 1. The monoisotopic (exact) mass is 390 g/mol. The fraction of sp³-hybridized carbons (Fsp3) is 0.450. The molecule has 0 fully saturated rings. The van der Waals surface area contributed by atoms with Crippen LogP contribution in [-0.2, 0) is 11.3 Å². The molecule has 0 radical (unpaired) electrons. The number of hydrogen-bond donors (Lipinski definition) is 0. The molecule has 0 atom stereocenters. The second-order valence-corrected chi connectivity index (χ2v) is 7.43. The number of carbonyl (C=O) groups excluding carboxylic acids is 2. The van der Waals surface area contributed by atoms with Gasteiger partial charge in [-0.25, -0.2) is 9.78 Å². The molecule has 27 heavy (non-hydrogen) atoms. The van der Waals surface area contributed by atoms with Gasteiger partial charge in [0.05, 0.1) is 20.3 Å². The number of carbonyl (C=O) groups is 2. The minimum Gasteiger partial charge on any atom is -0.497 e. The number of esters is 1. The third-order valence-corrected chi connectivity index (χ3v) is 4.78. The summed E-state index contributed by atoms with van der Waals surface area (Å²) in [5.74, 6) is 0.593.